The van der Waals surface area contributed by atoms with Crippen LogP contribution in [-0.2, 0) is 6.42 Å². The highest BCUT2D eigenvalue weighted by atomic mass is 14.7. The van der Waals surface area contributed by atoms with Crippen molar-refractivity contribution in [3.05, 3.63) is 29.6 Å². The van der Waals surface area contributed by atoms with Crippen LogP contribution in [0.4, 0.5) is 0 Å². The van der Waals surface area contributed by atoms with Gasteiger partial charge in [-0.2, -0.15) is 0 Å². The molecule has 0 amide bonds. The van der Waals surface area contributed by atoms with E-state index in [9.17, 15) is 0 Å². The topological polar surface area (TPSA) is 12.9 Å². The van der Waals surface area contributed by atoms with Crippen molar-refractivity contribution < 1.29 is 0 Å². The second kappa shape index (κ2) is 24.8. The van der Waals surface area contributed by atoms with Crippen molar-refractivity contribution in [1.29, 1.82) is 0 Å². The Kier molecular flexibility index (Phi) is 22.8. The molecule has 0 unspecified atom stereocenters. The molecular formula is C34H63N. The lowest BCUT2D eigenvalue weighted by atomic mass is 9.89. The Morgan fingerprint density at radius 3 is 1.34 bits per heavy atom. The molecule has 35 heavy (non-hydrogen) atoms. The van der Waals surface area contributed by atoms with Crippen LogP contribution in [0.3, 0.4) is 0 Å². The Morgan fingerprint density at radius 2 is 0.914 bits per heavy atom. The van der Waals surface area contributed by atoms with Crippen molar-refractivity contribution in [2.45, 2.75) is 187 Å². The van der Waals surface area contributed by atoms with Crippen molar-refractivity contribution in [2.24, 2.45) is 0 Å². The van der Waals surface area contributed by atoms with Crippen LogP contribution < -0.4 is 0 Å². The van der Waals surface area contributed by atoms with Crippen molar-refractivity contribution in [3.63, 3.8) is 0 Å². The highest BCUT2D eigenvalue weighted by Crippen LogP contribution is 2.28. The minimum atomic E-state index is 0.747. The molecule has 0 saturated carbocycles. The van der Waals surface area contributed by atoms with Gasteiger partial charge in [0.2, 0.25) is 0 Å². The van der Waals surface area contributed by atoms with Crippen molar-refractivity contribution in [1.82, 2.24) is 4.98 Å². The third-order valence-corrected chi connectivity index (χ3v) is 7.91. The molecule has 0 bridgehead atoms. The number of hydrogen-bond acceptors (Lipinski definition) is 1. The van der Waals surface area contributed by atoms with Gasteiger partial charge >= 0.3 is 0 Å². The molecule has 0 N–H and O–H groups in total. The molecule has 1 nitrogen and oxygen atoms in total. The maximum absolute atomic E-state index is 4.70. The first kappa shape index (κ1) is 32.2. The van der Waals surface area contributed by atoms with E-state index in [2.05, 4.69) is 39.1 Å². The fraction of sp³-hybridized carbons (Fsp3) is 0.853. The first-order chi connectivity index (χ1) is 17.3. The van der Waals surface area contributed by atoms with Gasteiger partial charge in [-0.15, -0.1) is 0 Å². The second-order valence-corrected chi connectivity index (χ2v) is 11.3. The van der Waals surface area contributed by atoms with Crippen LogP contribution in [0, 0.1) is 0 Å². The molecule has 0 atom stereocenters. The van der Waals surface area contributed by atoms with E-state index in [4.69, 9.17) is 4.98 Å². The third kappa shape index (κ3) is 19.0. The van der Waals surface area contributed by atoms with Crippen LogP contribution >= 0.6 is 0 Å². The number of nitrogens with zero attached hydrogens (tertiary/aromatic N) is 1. The van der Waals surface area contributed by atoms with Gasteiger partial charge in [-0.25, -0.2) is 0 Å². The molecule has 204 valence electrons. The summed E-state index contributed by atoms with van der Waals surface area (Å²) >= 11 is 0. The first-order valence-corrected chi connectivity index (χ1v) is 16.3. The van der Waals surface area contributed by atoms with E-state index in [1.54, 1.807) is 5.56 Å². The summed E-state index contributed by atoms with van der Waals surface area (Å²) in [5.41, 5.74) is 2.89. The third-order valence-electron chi connectivity index (χ3n) is 7.91. The number of pyridine rings is 1. The van der Waals surface area contributed by atoms with Crippen LogP contribution in [0.2, 0.25) is 0 Å². The summed E-state index contributed by atoms with van der Waals surface area (Å²) < 4.78 is 0. The summed E-state index contributed by atoms with van der Waals surface area (Å²) in [6.07, 6.45) is 37.2. The lowest BCUT2D eigenvalue weighted by molar-refractivity contribution is 0.522. The highest BCUT2D eigenvalue weighted by Gasteiger charge is 2.11. The predicted molar refractivity (Wildman–Crippen MR) is 159 cm³/mol. The molecule has 0 aliphatic carbocycles. The zero-order valence-electron chi connectivity index (χ0n) is 24.4. The molecule has 0 fully saturated rings. The Hall–Kier alpha value is -0.850. The van der Waals surface area contributed by atoms with Gasteiger partial charge in [-0.3, -0.25) is 4.98 Å². The lowest BCUT2D eigenvalue weighted by Gasteiger charge is -2.17. The fourth-order valence-corrected chi connectivity index (χ4v) is 5.47. The molecular weight excluding hydrogens is 422 g/mol. The van der Waals surface area contributed by atoms with Crippen LogP contribution in [-0.4, -0.2) is 4.98 Å². The molecule has 1 rings (SSSR count). The second-order valence-electron chi connectivity index (χ2n) is 11.3. The molecule has 0 saturated heterocycles. The monoisotopic (exact) mass is 485 g/mol. The molecule has 0 aliphatic rings. The number of unbranched alkanes of at least 4 members (excludes halogenated alkanes) is 19. The van der Waals surface area contributed by atoms with E-state index in [0.717, 1.165) is 5.92 Å². The summed E-state index contributed by atoms with van der Waals surface area (Å²) in [6.45, 7) is 6.93. The summed E-state index contributed by atoms with van der Waals surface area (Å²) in [7, 11) is 0. The van der Waals surface area contributed by atoms with Gasteiger partial charge in [0.05, 0.1) is 0 Å². The largest absolute Gasteiger partial charge is 0.261 e. The number of hydrogen-bond donors (Lipinski definition) is 0. The molecule has 1 heterocycles. The molecule has 0 spiro atoms. The van der Waals surface area contributed by atoms with Gasteiger partial charge in [0.25, 0.3) is 0 Å². The Bertz CT molecular complexity index is 543. The van der Waals surface area contributed by atoms with E-state index >= 15 is 0 Å². The van der Waals surface area contributed by atoms with E-state index in [1.165, 1.54) is 166 Å². The quantitative estimate of drug-likeness (QED) is 0.119. The minimum absolute atomic E-state index is 0.747. The molecule has 1 aromatic rings. The average Bonchev–Trinajstić information content (AvgIpc) is 2.88. The Labute approximate surface area is 221 Å². The zero-order chi connectivity index (χ0) is 25.2. The SMILES string of the molecule is CCCCCCCCCCCCCCCCCCCCc1cc(C(CCCC)CCCC)ccn1. The summed E-state index contributed by atoms with van der Waals surface area (Å²) in [4.78, 5) is 4.70. The lowest BCUT2D eigenvalue weighted by Crippen LogP contribution is -2.02. The molecule has 0 aromatic carbocycles. The van der Waals surface area contributed by atoms with Crippen LogP contribution in [0.5, 0.6) is 0 Å². The van der Waals surface area contributed by atoms with Crippen LogP contribution in [0.15, 0.2) is 18.3 Å². The van der Waals surface area contributed by atoms with Gasteiger partial charge in [-0.05, 0) is 49.3 Å². The maximum Gasteiger partial charge on any atom is 0.0406 e. The Morgan fingerprint density at radius 1 is 0.514 bits per heavy atom. The average molecular weight is 486 g/mol. The van der Waals surface area contributed by atoms with Gasteiger partial charge in [0.1, 0.15) is 0 Å². The fourth-order valence-electron chi connectivity index (χ4n) is 5.47. The number of aryl methyl sites for hydroxylation is 1. The Balaban J connectivity index is 1.98. The molecule has 0 aliphatic heterocycles. The minimum Gasteiger partial charge on any atom is -0.261 e. The normalized spacial score (nSPS) is 11.5. The van der Waals surface area contributed by atoms with Gasteiger partial charge in [0, 0.05) is 11.9 Å². The van der Waals surface area contributed by atoms with E-state index < -0.39 is 0 Å². The first-order valence-electron chi connectivity index (χ1n) is 16.3. The molecule has 0 radical (unpaired) electrons. The van der Waals surface area contributed by atoms with E-state index in [-0.39, 0.29) is 0 Å². The molecule has 1 heteroatoms. The summed E-state index contributed by atoms with van der Waals surface area (Å²) in [6, 6.07) is 4.72. The molecule has 1 aromatic heterocycles. The zero-order valence-corrected chi connectivity index (χ0v) is 24.4. The van der Waals surface area contributed by atoms with E-state index in [1.807, 2.05) is 0 Å². The smallest absolute Gasteiger partial charge is 0.0406 e. The highest BCUT2D eigenvalue weighted by molar-refractivity contribution is 5.21. The van der Waals surface area contributed by atoms with Crippen molar-refractivity contribution in [3.8, 4) is 0 Å². The number of rotatable bonds is 26. The predicted octanol–water partition coefficient (Wildman–Crippen LogP) is 12.1. The van der Waals surface area contributed by atoms with E-state index in [0.29, 0.717) is 0 Å². The maximum atomic E-state index is 4.70. The van der Waals surface area contributed by atoms with Crippen molar-refractivity contribution in [2.75, 3.05) is 0 Å². The van der Waals surface area contributed by atoms with Crippen molar-refractivity contribution >= 4 is 0 Å². The van der Waals surface area contributed by atoms with Gasteiger partial charge in [0.15, 0.2) is 0 Å². The van der Waals surface area contributed by atoms with Gasteiger partial charge in [-0.1, -0.05) is 156 Å². The summed E-state index contributed by atoms with van der Waals surface area (Å²) in [5.74, 6) is 0.747. The van der Waals surface area contributed by atoms with Crippen LogP contribution in [0.1, 0.15) is 192 Å². The van der Waals surface area contributed by atoms with Gasteiger partial charge < -0.3 is 0 Å². The number of aromatic nitrogens is 1. The summed E-state index contributed by atoms with van der Waals surface area (Å²) in [5, 5.41) is 0. The standard InChI is InChI=1S/C34H63N/c1-4-7-10-11-12-13-14-15-16-17-18-19-20-21-22-23-24-25-28-34-31-33(29-30-35-34)32(26-8-5-2)27-9-6-3/h29-32H,4-28H2,1-3H3. The van der Waals surface area contributed by atoms with Crippen LogP contribution in [0.25, 0.3) is 0 Å².